The number of carbonyl (C=O) groups excluding carboxylic acids is 1. The molecular weight excluding hydrogens is 412 g/mol. The molecule has 0 saturated carbocycles. The topological polar surface area (TPSA) is 96.9 Å². The lowest BCUT2D eigenvalue weighted by molar-refractivity contribution is -0.116. The molecule has 0 N–H and O–H groups in total. The van der Waals surface area contributed by atoms with Gasteiger partial charge in [0.2, 0.25) is 11.1 Å². The fourth-order valence-electron chi connectivity index (χ4n) is 3.26. The zero-order valence-electron chi connectivity index (χ0n) is 18.0. The predicted octanol–water partition coefficient (Wildman–Crippen LogP) is 3.64. The van der Waals surface area contributed by atoms with Crippen molar-refractivity contribution in [1.82, 2.24) is 20.2 Å². The van der Waals surface area contributed by atoms with Crippen LogP contribution in [0.15, 0.2) is 41.6 Å². The molecule has 1 aromatic heterocycles. The minimum absolute atomic E-state index is 0.115. The summed E-state index contributed by atoms with van der Waals surface area (Å²) in [4.78, 5) is 14.7. The molecule has 0 aliphatic rings. The summed E-state index contributed by atoms with van der Waals surface area (Å²) < 4.78 is 7.01. The molecule has 1 heterocycles. The number of carbonyl (C=O) groups is 1. The molecule has 3 aromatic rings. The Morgan fingerprint density at radius 3 is 2.58 bits per heavy atom. The molecule has 0 fully saturated rings. The zero-order valence-corrected chi connectivity index (χ0v) is 18.8. The van der Waals surface area contributed by atoms with Crippen LogP contribution < -0.4 is 9.64 Å². The van der Waals surface area contributed by atoms with Gasteiger partial charge in [-0.1, -0.05) is 23.9 Å². The van der Waals surface area contributed by atoms with Crippen molar-refractivity contribution in [2.45, 2.75) is 32.3 Å². The van der Waals surface area contributed by atoms with E-state index in [1.54, 1.807) is 16.7 Å². The van der Waals surface area contributed by atoms with Crippen LogP contribution in [0.3, 0.4) is 0 Å². The van der Waals surface area contributed by atoms with Crippen LogP contribution in [0.1, 0.15) is 23.1 Å². The van der Waals surface area contributed by atoms with Crippen molar-refractivity contribution >= 4 is 23.4 Å². The Hall–Kier alpha value is -3.38. The minimum Gasteiger partial charge on any atom is -0.494 e. The molecule has 0 aliphatic heterocycles. The van der Waals surface area contributed by atoms with E-state index in [1.165, 1.54) is 11.8 Å². The van der Waals surface area contributed by atoms with Crippen LogP contribution in [0.25, 0.3) is 5.69 Å². The summed E-state index contributed by atoms with van der Waals surface area (Å²) >= 11 is 1.24. The molecule has 31 heavy (non-hydrogen) atoms. The van der Waals surface area contributed by atoms with Crippen molar-refractivity contribution in [2.75, 3.05) is 24.3 Å². The van der Waals surface area contributed by atoms with Gasteiger partial charge < -0.3 is 9.64 Å². The van der Waals surface area contributed by atoms with E-state index in [0.29, 0.717) is 23.1 Å². The van der Waals surface area contributed by atoms with Gasteiger partial charge in [0.25, 0.3) is 0 Å². The van der Waals surface area contributed by atoms with E-state index in [9.17, 15) is 4.79 Å². The van der Waals surface area contributed by atoms with Crippen LogP contribution in [0.4, 0.5) is 5.69 Å². The number of anilines is 1. The third kappa shape index (κ3) is 5.41. The van der Waals surface area contributed by atoms with Crippen molar-refractivity contribution in [3.63, 3.8) is 0 Å². The van der Waals surface area contributed by atoms with Gasteiger partial charge in [-0.05, 0) is 72.2 Å². The van der Waals surface area contributed by atoms with Crippen molar-refractivity contribution in [3.05, 3.63) is 53.1 Å². The fraction of sp³-hybridized carbons (Fsp3) is 0.318. The SMILES string of the molecule is COc1ccc(C)cc1-n1nnnc1SCC(=O)N(CCC#N)c1cc(C)cc(C)c1. The molecule has 3 rings (SSSR count). The van der Waals surface area contributed by atoms with Gasteiger partial charge in [0, 0.05) is 12.2 Å². The molecule has 0 atom stereocenters. The molecule has 0 radical (unpaired) electrons. The second kappa shape index (κ2) is 10.1. The fourth-order valence-corrected chi connectivity index (χ4v) is 4.02. The van der Waals surface area contributed by atoms with E-state index in [0.717, 1.165) is 22.4 Å². The second-order valence-electron chi connectivity index (χ2n) is 7.14. The van der Waals surface area contributed by atoms with Gasteiger partial charge in [-0.25, -0.2) is 0 Å². The lowest BCUT2D eigenvalue weighted by Crippen LogP contribution is -2.33. The first-order valence-corrected chi connectivity index (χ1v) is 10.7. The van der Waals surface area contributed by atoms with Gasteiger partial charge in [-0.3, -0.25) is 4.79 Å². The number of aryl methyl sites for hydroxylation is 3. The molecule has 9 heteroatoms. The summed E-state index contributed by atoms with van der Waals surface area (Å²) in [6, 6.07) is 13.8. The zero-order chi connectivity index (χ0) is 22.4. The first-order chi connectivity index (χ1) is 14.9. The van der Waals surface area contributed by atoms with E-state index >= 15 is 0 Å². The van der Waals surface area contributed by atoms with E-state index in [-0.39, 0.29) is 18.1 Å². The number of ether oxygens (including phenoxy) is 1. The Bertz CT molecular complexity index is 1100. The Balaban J connectivity index is 1.82. The van der Waals surface area contributed by atoms with Crippen LogP contribution in [-0.4, -0.2) is 45.5 Å². The Labute approximate surface area is 185 Å². The first kappa shape index (κ1) is 22.3. The van der Waals surface area contributed by atoms with Crippen LogP contribution >= 0.6 is 11.8 Å². The van der Waals surface area contributed by atoms with Gasteiger partial charge in [-0.2, -0.15) is 9.94 Å². The number of nitrogens with zero attached hydrogens (tertiary/aromatic N) is 6. The molecule has 0 spiro atoms. The summed E-state index contributed by atoms with van der Waals surface area (Å²) in [6.45, 7) is 6.28. The maximum atomic E-state index is 13.1. The molecule has 0 bridgehead atoms. The molecule has 160 valence electrons. The highest BCUT2D eigenvalue weighted by Gasteiger charge is 2.20. The lowest BCUT2D eigenvalue weighted by atomic mass is 10.1. The number of benzene rings is 2. The smallest absolute Gasteiger partial charge is 0.237 e. The van der Waals surface area contributed by atoms with Crippen molar-refractivity contribution < 1.29 is 9.53 Å². The van der Waals surface area contributed by atoms with Gasteiger partial charge in [0.15, 0.2) is 0 Å². The van der Waals surface area contributed by atoms with Crippen molar-refractivity contribution in [3.8, 4) is 17.5 Å². The number of hydrogen-bond acceptors (Lipinski definition) is 7. The maximum absolute atomic E-state index is 13.1. The van der Waals surface area contributed by atoms with Crippen LogP contribution in [0.5, 0.6) is 5.75 Å². The highest BCUT2D eigenvalue weighted by atomic mass is 32.2. The van der Waals surface area contributed by atoms with Crippen molar-refractivity contribution in [1.29, 1.82) is 5.26 Å². The summed E-state index contributed by atoms with van der Waals surface area (Å²) in [5, 5.41) is 21.4. The Kier molecular flexibility index (Phi) is 7.26. The third-order valence-electron chi connectivity index (χ3n) is 4.59. The average Bonchev–Trinajstić information content (AvgIpc) is 3.20. The Morgan fingerprint density at radius 2 is 1.90 bits per heavy atom. The number of hydrogen-bond donors (Lipinski definition) is 0. The monoisotopic (exact) mass is 436 g/mol. The van der Waals surface area contributed by atoms with Crippen LogP contribution in [-0.2, 0) is 4.79 Å². The molecular formula is C22H24N6O2S. The lowest BCUT2D eigenvalue weighted by Gasteiger charge is -2.22. The number of rotatable bonds is 8. The predicted molar refractivity (Wildman–Crippen MR) is 120 cm³/mol. The molecule has 0 aliphatic carbocycles. The summed E-state index contributed by atoms with van der Waals surface area (Å²) in [5.74, 6) is 0.653. The highest BCUT2D eigenvalue weighted by Crippen LogP contribution is 2.28. The average molecular weight is 437 g/mol. The van der Waals surface area contributed by atoms with E-state index in [1.807, 2.05) is 51.1 Å². The second-order valence-corrected chi connectivity index (χ2v) is 8.08. The first-order valence-electron chi connectivity index (χ1n) is 9.74. The number of aromatic nitrogens is 4. The summed E-state index contributed by atoms with van der Waals surface area (Å²) in [7, 11) is 1.59. The number of thioether (sulfide) groups is 1. The molecule has 0 saturated heterocycles. The van der Waals surface area contributed by atoms with E-state index in [4.69, 9.17) is 10.00 Å². The quantitative estimate of drug-likeness (QED) is 0.497. The van der Waals surface area contributed by atoms with E-state index in [2.05, 4.69) is 27.7 Å². The molecule has 8 nitrogen and oxygen atoms in total. The van der Waals surface area contributed by atoms with Gasteiger partial charge in [-0.15, -0.1) is 5.10 Å². The van der Waals surface area contributed by atoms with Gasteiger partial charge in [0.05, 0.1) is 25.4 Å². The largest absolute Gasteiger partial charge is 0.494 e. The third-order valence-corrected chi connectivity index (χ3v) is 5.50. The summed E-state index contributed by atoms with van der Waals surface area (Å²) in [5.41, 5.74) is 4.66. The number of amides is 1. The van der Waals surface area contributed by atoms with Crippen LogP contribution in [0, 0.1) is 32.1 Å². The molecule has 1 amide bonds. The van der Waals surface area contributed by atoms with Gasteiger partial charge >= 0.3 is 0 Å². The minimum atomic E-state index is -0.115. The van der Waals surface area contributed by atoms with Gasteiger partial charge in [0.1, 0.15) is 11.4 Å². The number of nitriles is 1. The van der Waals surface area contributed by atoms with Crippen LogP contribution in [0.2, 0.25) is 0 Å². The van der Waals surface area contributed by atoms with Crippen molar-refractivity contribution in [2.24, 2.45) is 0 Å². The maximum Gasteiger partial charge on any atom is 0.237 e. The highest BCUT2D eigenvalue weighted by molar-refractivity contribution is 7.99. The number of tetrazole rings is 1. The standard InChI is InChI=1S/C22H24N6O2S/c1-15-6-7-20(30-4)19(13-15)28-22(24-25-26-28)31-14-21(29)27(9-5-8-23)18-11-16(2)10-17(3)12-18/h6-7,10-13H,5,9,14H2,1-4H3. The number of methoxy groups -OCH3 is 1. The summed E-state index contributed by atoms with van der Waals surface area (Å²) in [6.07, 6.45) is 0.252. The normalized spacial score (nSPS) is 10.5. The molecule has 0 unspecified atom stereocenters. The van der Waals surface area contributed by atoms with E-state index < -0.39 is 0 Å². The Morgan fingerprint density at radius 1 is 1.16 bits per heavy atom. The molecule has 2 aromatic carbocycles.